The number of H-pyrrole nitrogens is 1. The lowest BCUT2D eigenvalue weighted by molar-refractivity contribution is -0.116. The Hall–Kier alpha value is -2.05. The van der Waals surface area contributed by atoms with Gasteiger partial charge >= 0.3 is 5.97 Å². The van der Waals surface area contributed by atoms with Gasteiger partial charge in [-0.3, -0.25) is 4.79 Å². The van der Waals surface area contributed by atoms with Crippen LogP contribution in [-0.4, -0.2) is 48.5 Å². The minimum Gasteiger partial charge on any atom is -0.464 e. The van der Waals surface area contributed by atoms with Gasteiger partial charge < -0.3 is 19.9 Å². The summed E-state index contributed by atoms with van der Waals surface area (Å²) in [5.41, 5.74) is 1.37. The molecule has 3 rings (SSSR count). The van der Waals surface area contributed by atoms with Crippen LogP contribution in [-0.2, 0) is 9.53 Å². The molecular weight excluding hydrogens is 354 g/mol. The SMILES string of the molecule is COC(=O)c1[nH]c2ccc(Cl)cc2c1NC(=O)CCN1CCC[C@H](C)C1. The van der Waals surface area contributed by atoms with Gasteiger partial charge in [0.15, 0.2) is 0 Å². The third-order valence-corrected chi connectivity index (χ3v) is 5.05. The Balaban J connectivity index is 1.75. The Morgan fingerprint density at radius 2 is 2.23 bits per heavy atom. The Morgan fingerprint density at radius 1 is 1.42 bits per heavy atom. The highest BCUT2D eigenvalue weighted by molar-refractivity contribution is 6.31. The molecule has 1 aromatic carbocycles. The van der Waals surface area contributed by atoms with Crippen molar-refractivity contribution in [2.75, 3.05) is 32.1 Å². The van der Waals surface area contributed by atoms with Gasteiger partial charge in [-0.15, -0.1) is 0 Å². The van der Waals surface area contributed by atoms with Crippen molar-refractivity contribution in [2.24, 2.45) is 5.92 Å². The number of ether oxygens (including phenoxy) is 1. The summed E-state index contributed by atoms with van der Waals surface area (Å²) in [4.78, 5) is 29.9. The zero-order chi connectivity index (χ0) is 18.7. The zero-order valence-corrected chi connectivity index (χ0v) is 15.9. The first-order chi connectivity index (χ1) is 12.5. The van der Waals surface area contributed by atoms with Crippen LogP contribution in [0.2, 0.25) is 5.02 Å². The molecule has 6 nitrogen and oxygen atoms in total. The van der Waals surface area contributed by atoms with E-state index in [1.807, 2.05) is 0 Å². The number of esters is 1. The van der Waals surface area contributed by atoms with Gasteiger partial charge in [0.05, 0.1) is 12.8 Å². The van der Waals surface area contributed by atoms with E-state index in [0.717, 1.165) is 18.6 Å². The van der Waals surface area contributed by atoms with Gasteiger partial charge in [-0.2, -0.15) is 0 Å². The van der Waals surface area contributed by atoms with Crippen LogP contribution < -0.4 is 5.32 Å². The molecule has 1 aliphatic heterocycles. The molecule has 0 bridgehead atoms. The van der Waals surface area contributed by atoms with Gasteiger partial charge in [0, 0.05) is 35.4 Å². The van der Waals surface area contributed by atoms with E-state index in [9.17, 15) is 9.59 Å². The molecular formula is C19H24ClN3O3. The maximum Gasteiger partial charge on any atom is 0.356 e. The number of likely N-dealkylation sites (tertiary alicyclic amines) is 1. The van der Waals surface area contributed by atoms with E-state index in [2.05, 4.69) is 22.1 Å². The van der Waals surface area contributed by atoms with E-state index in [1.165, 1.54) is 20.0 Å². The second-order valence-electron chi connectivity index (χ2n) is 6.90. The summed E-state index contributed by atoms with van der Waals surface area (Å²) in [5.74, 6) is 0.0141. The second kappa shape index (κ2) is 8.10. The number of carbonyl (C=O) groups excluding carboxylic acids is 2. The van der Waals surface area contributed by atoms with E-state index in [4.69, 9.17) is 16.3 Å². The fourth-order valence-corrected chi connectivity index (χ4v) is 3.67. The Morgan fingerprint density at radius 3 is 2.96 bits per heavy atom. The second-order valence-corrected chi connectivity index (χ2v) is 7.34. The quantitative estimate of drug-likeness (QED) is 0.779. The predicted octanol–water partition coefficient (Wildman–Crippen LogP) is 3.67. The Labute approximate surface area is 157 Å². The van der Waals surface area contributed by atoms with Crippen molar-refractivity contribution < 1.29 is 14.3 Å². The molecule has 0 unspecified atom stereocenters. The van der Waals surface area contributed by atoms with E-state index in [1.54, 1.807) is 18.2 Å². The van der Waals surface area contributed by atoms with Gasteiger partial charge in [-0.05, 0) is 43.5 Å². The number of fused-ring (bicyclic) bond motifs is 1. The van der Waals surface area contributed by atoms with Crippen LogP contribution in [0, 0.1) is 5.92 Å². The average molecular weight is 378 g/mol. The minimum atomic E-state index is -0.530. The molecule has 1 amide bonds. The monoisotopic (exact) mass is 377 g/mol. The lowest BCUT2D eigenvalue weighted by Crippen LogP contribution is -2.36. The molecule has 1 atom stereocenters. The van der Waals surface area contributed by atoms with Gasteiger partial charge in [0.2, 0.25) is 5.91 Å². The molecule has 1 saturated heterocycles. The number of methoxy groups -OCH3 is 1. The first-order valence-electron chi connectivity index (χ1n) is 8.89. The maximum atomic E-state index is 12.5. The molecule has 7 heteroatoms. The summed E-state index contributed by atoms with van der Waals surface area (Å²) in [6.45, 7) is 5.02. The number of nitrogens with zero attached hydrogens (tertiary/aromatic N) is 1. The van der Waals surface area contributed by atoms with Crippen molar-refractivity contribution in [3.63, 3.8) is 0 Å². The number of aromatic amines is 1. The fraction of sp³-hybridized carbons (Fsp3) is 0.474. The lowest BCUT2D eigenvalue weighted by Gasteiger charge is -2.30. The first kappa shape index (κ1) is 18.7. The van der Waals surface area contributed by atoms with E-state index < -0.39 is 5.97 Å². The summed E-state index contributed by atoms with van der Waals surface area (Å²) >= 11 is 6.08. The molecule has 0 saturated carbocycles. The maximum absolute atomic E-state index is 12.5. The summed E-state index contributed by atoms with van der Waals surface area (Å²) in [6, 6.07) is 5.22. The van der Waals surface area contributed by atoms with Crippen LogP contribution in [0.5, 0.6) is 0 Å². The highest BCUT2D eigenvalue weighted by Gasteiger charge is 2.21. The predicted molar refractivity (Wildman–Crippen MR) is 103 cm³/mol. The van der Waals surface area contributed by atoms with Crippen molar-refractivity contribution in [1.29, 1.82) is 0 Å². The van der Waals surface area contributed by atoms with E-state index >= 15 is 0 Å². The molecule has 140 valence electrons. The number of nitrogens with one attached hydrogen (secondary N) is 2. The highest BCUT2D eigenvalue weighted by atomic mass is 35.5. The van der Waals surface area contributed by atoms with Crippen molar-refractivity contribution >= 4 is 40.1 Å². The molecule has 1 aliphatic rings. The van der Waals surface area contributed by atoms with Crippen LogP contribution in [0.15, 0.2) is 18.2 Å². The van der Waals surface area contributed by atoms with Crippen molar-refractivity contribution in [3.8, 4) is 0 Å². The van der Waals surface area contributed by atoms with Crippen molar-refractivity contribution in [3.05, 3.63) is 28.9 Å². The number of piperidine rings is 1. The zero-order valence-electron chi connectivity index (χ0n) is 15.1. The smallest absolute Gasteiger partial charge is 0.356 e. The highest BCUT2D eigenvalue weighted by Crippen LogP contribution is 2.30. The first-order valence-corrected chi connectivity index (χ1v) is 9.27. The van der Waals surface area contributed by atoms with Gasteiger partial charge in [-0.25, -0.2) is 4.79 Å². The standard InChI is InChI=1S/C19H24ClN3O3/c1-12-4-3-8-23(11-12)9-7-16(24)22-17-14-10-13(20)5-6-15(14)21-18(17)19(25)26-2/h5-6,10,12,21H,3-4,7-9,11H2,1-2H3,(H,22,24)/t12-/m0/s1. The number of anilines is 1. The van der Waals surface area contributed by atoms with Crippen LogP contribution in [0.25, 0.3) is 10.9 Å². The number of hydrogen-bond acceptors (Lipinski definition) is 4. The minimum absolute atomic E-state index is 0.130. The number of halogens is 1. The molecule has 1 aromatic heterocycles. The number of aromatic nitrogens is 1. The molecule has 2 N–H and O–H groups in total. The largest absolute Gasteiger partial charge is 0.464 e. The number of benzene rings is 1. The molecule has 0 radical (unpaired) electrons. The molecule has 0 spiro atoms. The normalized spacial score (nSPS) is 18.0. The van der Waals surface area contributed by atoms with E-state index in [0.29, 0.717) is 35.0 Å². The van der Waals surface area contributed by atoms with Crippen LogP contribution in [0.1, 0.15) is 36.7 Å². The van der Waals surface area contributed by atoms with Crippen molar-refractivity contribution in [1.82, 2.24) is 9.88 Å². The van der Waals surface area contributed by atoms with Gasteiger partial charge in [0.1, 0.15) is 5.69 Å². The average Bonchev–Trinajstić information content (AvgIpc) is 2.97. The topological polar surface area (TPSA) is 74.4 Å². The third-order valence-electron chi connectivity index (χ3n) is 4.81. The fourth-order valence-electron chi connectivity index (χ4n) is 3.50. The molecule has 2 aromatic rings. The lowest BCUT2D eigenvalue weighted by atomic mass is 10.0. The van der Waals surface area contributed by atoms with Gasteiger partial charge in [-0.1, -0.05) is 18.5 Å². The number of rotatable bonds is 5. The van der Waals surface area contributed by atoms with Crippen LogP contribution in [0.3, 0.4) is 0 Å². The number of carbonyl (C=O) groups is 2. The number of hydrogen-bond donors (Lipinski definition) is 2. The van der Waals surface area contributed by atoms with E-state index in [-0.39, 0.29) is 11.6 Å². The van der Waals surface area contributed by atoms with Gasteiger partial charge in [0.25, 0.3) is 0 Å². The Kier molecular flexibility index (Phi) is 5.84. The summed E-state index contributed by atoms with van der Waals surface area (Å²) in [7, 11) is 1.31. The summed E-state index contributed by atoms with van der Waals surface area (Å²) in [6.07, 6.45) is 2.80. The Bertz CT molecular complexity index is 818. The molecule has 0 aliphatic carbocycles. The summed E-state index contributed by atoms with van der Waals surface area (Å²) < 4.78 is 4.82. The van der Waals surface area contributed by atoms with Crippen LogP contribution in [0.4, 0.5) is 5.69 Å². The summed E-state index contributed by atoms with van der Waals surface area (Å²) in [5, 5.41) is 4.10. The number of amides is 1. The van der Waals surface area contributed by atoms with Crippen LogP contribution >= 0.6 is 11.6 Å². The molecule has 26 heavy (non-hydrogen) atoms. The molecule has 2 heterocycles. The molecule has 1 fully saturated rings. The van der Waals surface area contributed by atoms with Crippen molar-refractivity contribution in [2.45, 2.75) is 26.2 Å². The third kappa shape index (κ3) is 4.19.